The molecule has 2 N–H and O–H groups in total. The molecule has 6 heteroatoms. The van der Waals surface area contributed by atoms with E-state index in [4.69, 9.17) is 9.47 Å². The van der Waals surface area contributed by atoms with E-state index in [1.54, 1.807) is 0 Å². The minimum Gasteiger partial charge on any atom is -1.00 e. The fourth-order valence-electron chi connectivity index (χ4n) is 3.15. The van der Waals surface area contributed by atoms with E-state index in [0.29, 0.717) is 6.61 Å². The summed E-state index contributed by atoms with van der Waals surface area (Å²) in [6.45, 7) is 7.63. The minimum absolute atomic E-state index is 0. The maximum absolute atomic E-state index is 12.9. The highest BCUT2D eigenvalue weighted by Gasteiger charge is 2.33. The summed E-state index contributed by atoms with van der Waals surface area (Å²) < 4.78 is 12.5. The fraction of sp³-hybridized carbons (Fsp3) is 0.381. The fourth-order valence-corrected chi connectivity index (χ4v) is 3.15. The van der Waals surface area contributed by atoms with Crippen LogP contribution in [0.1, 0.15) is 30.9 Å². The zero-order valence-electron chi connectivity index (χ0n) is 16.1. The van der Waals surface area contributed by atoms with Gasteiger partial charge in [-0.15, -0.1) is 0 Å². The van der Waals surface area contributed by atoms with Crippen molar-refractivity contribution in [3.8, 4) is 11.5 Å². The summed E-state index contributed by atoms with van der Waals surface area (Å²) in [6.07, 6.45) is 0. The number of fused-ring (bicyclic) bond motifs is 2. The van der Waals surface area contributed by atoms with E-state index in [1.807, 2.05) is 48.5 Å². The number of para-hydroxylation sites is 2. The van der Waals surface area contributed by atoms with E-state index in [-0.39, 0.29) is 28.4 Å². The van der Waals surface area contributed by atoms with Gasteiger partial charge in [0.2, 0.25) is 0 Å². The Kier molecular flexibility index (Phi) is 8.47. The predicted molar refractivity (Wildman–Crippen MR) is 102 cm³/mol. The molecule has 0 spiro atoms. The number of benzene rings is 2. The van der Waals surface area contributed by atoms with E-state index in [2.05, 4.69) is 20.9 Å². The van der Waals surface area contributed by atoms with Crippen molar-refractivity contribution in [2.45, 2.75) is 19.8 Å². The van der Waals surface area contributed by atoms with Crippen LogP contribution in [0.4, 0.5) is 0 Å². The van der Waals surface area contributed by atoms with Crippen LogP contribution in [-0.2, 0) is 9.53 Å². The molecule has 1 aliphatic heterocycles. The number of carbonyl (C=O) groups excluding carboxylic acids is 1. The lowest BCUT2D eigenvalue weighted by atomic mass is 9.88. The molecule has 0 radical (unpaired) electrons. The van der Waals surface area contributed by atoms with E-state index >= 15 is 0 Å². The van der Waals surface area contributed by atoms with Gasteiger partial charge in [0, 0.05) is 11.1 Å². The maximum Gasteiger partial charge on any atom is 0.318 e. The Hall–Kier alpha value is -1.89. The third-order valence-corrected chi connectivity index (χ3v) is 5.32. The largest absolute Gasteiger partial charge is 1.00 e. The monoisotopic (exact) mass is 437 g/mol. The van der Waals surface area contributed by atoms with Crippen molar-refractivity contribution in [1.82, 2.24) is 0 Å². The summed E-state index contributed by atoms with van der Waals surface area (Å²) in [7, 11) is 2.19. The SMILES string of the molecule is CC[N+](C)(CC)CCOC(=O)C1c2ccccc2Oc2ccccc21.O.[Br-]. The molecule has 0 aromatic heterocycles. The molecule has 0 saturated heterocycles. The van der Waals surface area contributed by atoms with Crippen molar-refractivity contribution < 1.29 is 41.2 Å². The molecule has 0 amide bonds. The van der Waals surface area contributed by atoms with Gasteiger partial charge in [-0.1, -0.05) is 36.4 Å². The second kappa shape index (κ2) is 9.88. The molecule has 0 fully saturated rings. The third-order valence-electron chi connectivity index (χ3n) is 5.32. The quantitative estimate of drug-likeness (QED) is 0.476. The second-order valence-corrected chi connectivity index (χ2v) is 6.75. The van der Waals surface area contributed by atoms with Crippen molar-refractivity contribution in [2.24, 2.45) is 0 Å². The van der Waals surface area contributed by atoms with Gasteiger partial charge in [0.25, 0.3) is 0 Å². The van der Waals surface area contributed by atoms with Gasteiger partial charge in [-0.2, -0.15) is 0 Å². The van der Waals surface area contributed by atoms with Crippen LogP contribution in [-0.4, -0.2) is 49.2 Å². The summed E-state index contributed by atoms with van der Waals surface area (Å²) >= 11 is 0. The van der Waals surface area contributed by atoms with Crippen molar-refractivity contribution in [3.63, 3.8) is 0 Å². The van der Waals surface area contributed by atoms with Crippen LogP contribution in [0.5, 0.6) is 11.5 Å². The van der Waals surface area contributed by atoms with Crippen molar-refractivity contribution in [1.29, 1.82) is 0 Å². The van der Waals surface area contributed by atoms with Gasteiger partial charge in [0.05, 0.1) is 20.1 Å². The highest BCUT2D eigenvalue weighted by Crippen LogP contribution is 2.44. The Morgan fingerprint density at radius 3 is 1.96 bits per heavy atom. The maximum atomic E-state index is 12.9. The van der Waals surface area contributed by atoms with Crippen LogP contribution in [0, 0.1) is 0 Å². The van der Waals surface area contributed by atoms with Gasteiger partial charge in [-0.3, -0.25) is 4.79 Å². The molecule has 0 unspecified atom stereocenters. The molecule has 2 aromatic carbocycles. The number of hydrogen-bond donors (Lipinski definition) is 0. The summed E-state index contributed by atoms with van der Waals surface area (Å²) in [4.78, 5) is 12.9. The first-order chi connectivity index (χ1) is 12.1. The molecule has 1 aliphatic rings. The average molecular weight is 438 g/mol. The van der Waals surface area contributed by atoms with Crippen LogP contribution < -0.4 is 21.7 Å². The highest BCUT2D eigenvalue weighted by molar-refractivity contribution is 5.85. The molecule has 1 heterocycles. The number of likely N-dealkylation sites (N-methyl/N-ethyl adjacent to an activating group) is 1. The molecule has 0 aliphatic carbocycles. The number of esters is 1. The van der Waals surface area contributed by atoms with Crippen molar-refractivity contribution in [2.75, 3.05) is 33.3 Å². The van der Waals surface area contributed by atoms with Gasteiger partial charge in [-0.05, 0) is 26.0 Å². The number of nitrogens with zero attached hydrogens (tertiary/aromatic N) is 1. The average Bonchev–Trinajstić information content (AvgIpc) is 2.65. The first-order valence-electron chi connectivity index (χ1n) is 8.94. The smallest absolute Gasteiger partial charge is 0.318 e. The van der Waals surface area contributed by atoms with E-state index in [1.165, 1.54) is 0 Å². The zero-order chi connectivity index (χ0) is 17.9. The summed E-state index contributed by atoms with van der Waals surface area (Å²) in [5.41, 5.74) is 1.74. The van der Waals surface area contributed by atoms with Crippen LogP contribution in [0.3, 0.4) is 0 Å². The molecular weight excluding hydrogens is 410 g/mol. The molecule has 0 atom stereocenters. The molecule has 2 aromatic rings. The number of rotatable bonds is 6. The summed E-state index contributed by atoms with van der Waals surface area (Å²) in [5, 5.41) is 0. The Morgan fingerprint density at radius 2 is 1.48 bits per heavy atom. The van der Waals surface area contributed by atoms with Gasteiger partial charge in [0.1, 0.15) is 30.6 Å². The molecule has 0 saturated carbocycles. The van der Waals surface area contributed by atoms with Crippen LogP contribution in [0.15, 0.2) is 48.5 Å². The topological polar surface area (TPSA) is 67.0 Å². The van der Waals surface area contributed by atoms with E-state index in [9.17, 15) is 4.79 Å². The lowest BCUT2D eigenvalue weighted by Gasteiger charge is -2.32. The van der Waals surface area contributed by atoms with Crippen molar-refractivity contribution in [3.05, 3.63) is 59.7 Å². The Morgan fingerprint density at radius 1 is 1.00 bits per heavy atom. The summed E-state index contributed by atoms with van der Waals surface area (Å²) in [6, 6.07) is 15.4. The molecule has 148 valence electrons. The zero-order valence-corrected chi connectivity index (χ0v) is 17.7. The summed E-state index contributed by atoms with van der Waals surface area (Å²) in [5.74, 6) is 0.821. The van der Waals surface area contributed by atoms with Gasteiger partial charge < -0.3 is 36.4 Å². The molecule has 0 bridgehead atoms. The van der Waals surface area contributed by atoms with Gasteiger partial charge >= 0.3 is 5.97 Å². The minimum atomic E-state index is -0.428. The van der Waals surface area contributed by atoms with Crippen molar-refractivity contribution >= 4 is 5.97 Å². The molecular formula is C21H28BrNO4. The van der Waals surface area contributed by atoms with Crippen LogP contribution >= 0.6 is 0 Å². The Labute approximate surface area is 171 Å². The number of ether oxygens (including phenoxy) is 2. The Bertz CT molecular complexity index is 716. The normalized spacial score (nSPS) is 12.6. The van der Waals surface area contributed by atoms with Gasteiger partial charge in [-0.25, -0.2) is 0 Å². The predicted octanol–water partition coefficient (Wildman–Crippen LogP) is 0.133. The number of quaternary nitrogens is 1. The first kappa shape index (κ1) is 23.1. The van der Waals surface area contributed by atoms with Gasteiger partial charge in [0.15, 0.2) is 0 Å². The molecule has 5 nitrogen and oxygen atoms in total. The lowest BCUT2D eigenvalue weighted by molar-refractivity contribution is -0.906. The number of carbonyl (C=O) groups is 1. The molecule has 3 rings (SSSR count). The van der Waals surface area contributed by atoms with Crippen LogP contribution in [0.25, 0.3) is 0 Å². The highest BCUT2D eigenvalue weighted by atomic mass is 79.9. The molecule has 27 heavy (non-hydrogen) atoms. The second-order valence-electron chi connectivity index (χ2n) is 6.75. The Balaban J connectivity index is 0.00000182. The number of halogens is 1. The standard InChI is InChI=1S/C21H26NO3.BrH.H2O/c1-4-22(3,5-2)14-15-24-21(23)20-16-10-6-8-12-18(16)25-19-13-9-7-11-17(19)20;;/h6-13,20H,4-5,14-15H2,1-3H3;1H;1H2/q+1;;/p-1. The first-order valence-corrected chi connectivity index (χ1v) is 8.94. The third kappa shape index (κ3) is 4.89. The lowest BCUT2D eigenvalue weighted by Crippen LogP contribution is -3.00. The number of hydrogen-bond acceptors (Lipinski definition) is 3. The van der Waals surface area contributed by atoms with E-state index in [0.717, 1.165) is 46.7 Å². The van der Waals surface area contributed by atoms with Crippen LogP contribution in [0.2, 0.25) is 0 Å². The van der Waals surface area contributed by atoms with E-state index < -0.39 is 5.92 Å².